The van der Waals surface area contributed by atoms with Gasteiger partial charge in [0.05, 0.1) is 5.56 Å². The van der Waals surface area contributed by atoms with Crippen LogP contribution in [-0.4, -0.2) is 17.9 Å². The molecule has 0 bridgehead atoms. The predicted octanol–water partition coefficient (Wildman–Crippen LogP) is 2.81. The summed E-state index contributed by atoms with van der Waals surface area (Å²) >= 11 is 0. The van der Waals surface area contributed by atoms with Gasteiger partial charge < -0.3 is 4.90 Å². The first kappa shape index (κ1) is 12.2. The van der Waals surface area contributed by atoms with E-state index in [1.807, 2.05) is 31.2 Å². The van der Waals surface area contributed by atoms with Gasteiger partial charge in [0.25, 0.3) is 5.91 Å². The highest BCUT2D eigenvalue weighted by molar-refractivity contribution is 6.05. The number of hydrogen-bond donors (Lipinski definition) is 0. The Kier molecular flexibility index (Phi) is 3.37. The highest BCUT2D eigenvalue weighted by atomic mass is 19.1. The van der Waals surface area contributed by atoms with E-state index in [-0.39, 0.29) is 5.91 Å². The second kappa shape index (κ2) is 4.96. The second-order valence-electron chi connectivity index (χ2n) is 4.07. The summed E-state index contributed by atoms with van der Waals surface area (Å²) in [4.78, 5) is 17.1. The zero-order valence-corrected chi connectivity index (χ0v) is 10.2. The number of hydrogen-bond acceptors (Lipinski definition) is 2. The molecule has 0 aliphatic carbocycles. The molecular weight excluding hydrogens is 231 g/mol. The fraction of sp³-hybridized carbons (Fsp3) is 0.143. The SMILES string of the molecule is Cc1ccc(N(C)C(=O)c2ccc(F)nc2)cc1. The number of benzene rings is 1. The minimum atomic E-state index is -0.593. The van der Waals surface area contributed by atoms with Crippen molar-refractivity contribution in [3.05, 3.63) is 59.7 Å². The average Bonchev–Trinajstić information content (AvgIpc) is 2.39. The van der Waals surface area contributed by atoms with Crippen molar-refractivity contribution in [3.63, 3.8) is 0 Å². The summed E-state index contributed by atoms with van der Waals surface area (Å²) in [5, 5.41) is 0. The van der Waals surface area contributed by atoms with Crippen molar-refractivity contribution < 1.29 is 9.18 Å². The number of amides is 1. The third-order valence-corrected chi connectivity index (χ3v) is 2.70. The number of carbonyl (C=O) groups is 1. The van der Waals surface area contributed by atoms with Gasteiger partial charge in [0.1, 0.15) is 0 Å². The molecule has 1 aromatic carbocycles. The molecule has 1 aromatic heterocycles. The Morgan fingerprint density at radius 2 is 1.83 bits per heavy atom. The van der Waals surface area contributed by atoms with Gasteiger partial charge in [-0.15, -0.1) is 0 Å². The number of rotatable bonds is 2. The molecule has 1 amide bonds. The van der Waals surface area contributed by atoms with E-state index in [1.54, 1.807) is 7.05 Å². The molecule has 0 atom stereocenters. The molecule has 0 N–H and O–H groups in total. The number of aryl methyl sites for hydroxylation is 1. The van der Waals surface area contributed by atoms with E-state index >= 15 is 0 Å². The number of pyridine rings is 1. The molecule has 0 radical (unpaired) electrons. The quantitative estimate of drug-likeness (QED) is 0.761. The van der Waals surface area contributed by atoms with Crippen molar-refractivity contribution in [1.82, 2.24) is 4.98 Å². The summed E-state index contributed by atoms with van der Waals surface area (Å²) in [7, 11) is 1.68. The van der Waals surface area contributed by atoms with E-state index in [2.05, 4.69) is 4.98 Å². The van der Waals surface area contributed by atoms with E-state index in [9.17, 15) is 9.18 Å². The monoisotopic (exact) mass is 244 g/mol. The summed E-state index contributed by atoms with van der Waals surface area (Å²) in [6.45, 7) is 1.98. The summed E-state index contributed by atoms with van der Waals surface area (Å²) in [5.41, 5.74) is 2.28. The third-order valence-electron chi connectivity index (χ3n) is 2.70. The Morgan fingerprint density at radius 3 is 2.39 bits per heavy atom. The van der Waals surface area contributed by atoms with Crippen LogP contribution in [0.4, 0.5) is 10.1 Å². The standard InChI is InChI=1S/C14H13FN2O/c1-10-3-6-12(7-4-10)17(2)14(18)11-5-8-13(15)16-9-11/h3-9H,1-2H3. The maximum absolute atomic E-state index is 12.7. The van der Waals surface area contributed by atoms with Crippen molar-refractivity contribution in [1.29, 1.82) is 0 Å². The largest absolute Gasteiger partial charge is 0.311 e. The molecule has 0 aliphatic heterocycles. The van der Waals surface area contributed by atoms with Gasteiger partial charge in [-0.3, -0.25) is 4.79 Å². The molecule has 4 heteroatoms. The van der Waals surface area contributed by atoms with Crippen molar-refractivity contribution in [2.75, 3.05) is 11.9 Å². The zero-order valence-electron chi connectivity index (χ0n) is 10.2. The summed E-state index contributed by atoms with van der Waals surface area (Å²) in [6.07, 6.45) is 1.24. The molecule has 1 heterocycles. The van der Waals surface area contributed by atoms with Gasteiger partial charge in [0.15, 0.2) is 0 Å². The van der Waals surface area contributed by atoms with Gasteiger partial charge in [-0.2, -0.15) is 4.39 Å². The van der Waals surface area contributed by atoms with Gasteiger partial charge in [0.2, 0.25) is 5.95 Å². The van der Waals surface area contributed by atoms with E-state index in [0.29, 0.717) is 5.56 Å². The van der Waals surface area contributed by atoms with Crippen LogP contribution in [0.3, 0.4) is 0 Å². The van der Waals surface area contributed by atoms with E-state index in [1.165, 1.54) is 23.2 Å². The number of halogens is 1. The van der Waals surface area contributed by atoms with Crippen LogP contribution in [0.1, 0.15) is 15.9 Å². The van der Waals surface area contributed by atoms with Crippen LogP contribution in [0.5, 0.6) is 0 Å². The Bertz CT molecular complexity index is 549. The van der Waals surface area contributed by atoms with E-state index < -0.39 is 5.95 Å². The topological polar surface area (TPSA) is 33.2 Å². The van der Waals surface area contributed by atoms with Gasteiger partial charge in [-0.05, 0) is 31.2 Å². The molecule has 0 unspecified atom stereocenters. The molecule has 0 aliphatic rings. The van der Waals surface area contributed by atoms with Crippen LogP contribution in [-0.2, 0) is 0 Å². The first-order valence-corrected chi connectivity index (χ1v) is 5.54. The number of anilines is 1. The Balaban J connectivity index is 2.23. The van der Waals surface area contributed by atoms with Gasteiger partial charge in [-0.1, -0.05) is 17.7 Å². The maximum atomic E-state index is 12.7. The van der Waals surface area contributed by atoms with Gasteiger partial charge >= 0.3 is 0 Å². The molecule has 0 saturated carbocycles. The van der Waals surface area contributed by atoms with Crippen molar-refractivity contribution in [2.45, 2.75) is 6.92 Å². The molecule has 0 saturated heterocycles. The number of nitrogens with zero attached hydrogens (tertiary/aromatic N) is 2. The molecular formula is C14H13FN2O. The second-order valence-corrected chi connectivity index (χ2v) is 4.07. The summed E-state index contributed by atoms with van der Waals surface area (Å²) in [6, 6.07) is 10.2. The van der Waals surface area contributed by atoms with Crippen molar-refractivity contribution in [2.24, 2.45) is 0 Å². The maximum Gasteiger partial charge on any atom is 0.259 e. The zero-order chi connectivity index (χ0) is 13.1. The first-order chi connectivity index (χ1) is 8.58. The highest BCUT2D eigenvalue weighted by Crippen LogP contribution is 2.16. The molecule has 0 fully saturated rings. The Hall–Kier alpha value is -2.23. The van der Waals surface area contributed by atoms with E-state index in [4.69, 9.17) is 0 Å². The van der Waals surface area contributed by atoms with Gasteiger partial charge in [-0.25, -0.2) is 4.98 Å². The lowest BCUT2D eigenvalue weighted by molar-refractivity contribution is 0.0992. The molecule has 0 spiro atoms. The van der Waals surface area contributed by atoms with Crippen LogP contribution in [0.15, 0.2) is 42.6 Å². The average molecular weight is 244 g/mol. The van der Waals surface area contributed by atoms with Gasteiger partial charge in [0, 0.05) is 18.9 Å². The first-order valence-electron chi connectivity index (χ1n) is 5.54. The molecule has 92 valence electrons. The summed E-state index contributed by atoms with van der Waals surface area (Å²) < 4.78 is 12.7. The molecule has 3 nitrogen and oxygen atoms in total. The normalized spacial score (nSPS) is 10.2. The van der Waals surface area contributed by atoms with Crippen molar-refractivity contribution in [3.8, 4) is 0 Å². The lowest BCUT2D eigenvalue weighted by Crippen LogP contribution is -2.26. The third kappa shape index (κ3) is 2.53. The minimum Gasteiger partial charge on any atom is -0.311 e. The molecule has 2 aromatic rings. The van der Waals surface area contributed by atoms with Crippen molar-refractivity contribution >= 4 is 11.6 Å². The van der Waals surface area contributed by atoms with Crippen LogP contribution < -0.4 is 4.90 Å². The van der Waals surface area contributed by atoms with Crippen LogP contribution in [0, 0.1) is 12.9 Å². The predicted molar refractivity (Wildman–Crippen MR) is 68.1 cm³/mol. The Morgan fingerprint density at radius 1 is 1.17 bits per heavy atom. The smallest absolute Gasteiger partial charge is 0.259 e. The fourth-order valence-corrected chi connectivity index (χ4v) is 1.58. The van der Waals surface area contributed by atoms with E-state index in [0.717, 1.165) is 11.3 Å². The fourth-order valence-electron chi connectivity index (χ4n) is 1.58. The minimum absolute atomic E-state index is 0.216. The Labute approximate surface area is 105 Å². The number of aromatic nitrogens is 1. The summed E-state index contributed by atoms with van der Waals surface area (Å²) in [5.74, 6) is -0.809. The number of carbonyl (C=O) groups excluding carboxylic acids is 1. The highest BCUT2D eigenvalue weighted by Gasteiger charge is 2.13. The van der Waals surface area contributed by atoms with Crippen LogP contribution in [0.25, 0.3) is 0 Å². The lowest BCUT2D eigenvalue weighted by atomic mass is 10.2. The van der Waals surface area contributed by atoms with Crippen LogP contribution in [0.2, 0.25) is 0 Å². The van der Waals surface area contributed by atoms with Crippen LogP contribution >= 0.6 is 0 Å². The lowest BCUT2D eigenvalue weighted by Gasteiger charge is -2.17. The molecule has 18 heavy (non-hydrogen) atoms. The molecule has 2 rings (SSSR count).